The van der Waals surface area contributed by atoms with Gasteiger partial charge in [-0.15, -0.1) is 11.3 Å². The third-order valence-electron chi connectivity index (χ3n) is 4.13. The number of hydrogen-bond donors (Lipinski definition) is 1. The van der Waals surface area contributed by atoms with Crippen LogP contribution in [0.1, 0.15) is 5.69 Å². The molecule has 0 atom stereocenters. The number of hydrogen-bond acceptors (Lipinski definition) is 4. The number of H-pyrrole nitrogens is 1. The summed E-state index contributed by atoms with van der Waals surface area (Å²) in [6, 6.07) is 20.7. The largest absolute Gasteiger partial charge is 0.341 e. The zero-order valence-corrected chi connectivity index (χ0v) is 14.8. The first kappa shape index (κ1) is 16.2. The predicted molar refractivity (Wildman–Crippen MR) is 104 cm³/mol. The van der Waals surface area contributed by atoms with Crippen LogP contribution >= 0.6 is 11.3 Å². The maximum atomic E-state index is 10.8. The lowest BCUT2D eigenvalue weighted by Crippen LogP contribution is -1.86. The van der Waals surface area contributed by atoms with Crippen LogP contribution in [0.2, 0.25) is 0 Å². The van der Waals surface area contributed by atoms with E-state index in [1.54, 1.807) is 23.5 Å². The van der Waals surface area contributed by atoms with Crippen molar-refractivity contribution < 1.29 is 4.92 Å². The number of rotatable bonds is 4. The molecule has 0 spiro atoms. The summed E-state index contributed by atoms with van der Waals surface area (Å²) in [5.74, 6) is 0.833. The lowest BCUT2D eigenvalue weighted by atomic mass is 10.1. The summed E-state index contributed by atoms with van der Waals surface area (Å²) in [5, 5.41) is 10.8. The lowest BCUT2D eigenvalue weighted by Gasteiger charge is -1.97. The normalized spacial score (nSPS) is 10.8. The topological polar surface area (TPSA) is 71.8 Å². The van der Waals surface area contributed by atoms with Crippen LogP contribution in [0.3, 0.4) is 0 Å². The quantitative estimate of drug-likeness (QED) is 0.375. The summed E-state index contributed by atoms with van der Waals surface area (Å²) in [6.45, 7) is 2.02. The number of aromatic nitrogens is 2. The Morgan fingerprint density at radius 3 is 2.31 bits per heavy atom. The Morgan fingerprint density at radius 1 is 0.923 bits per heavy atom. The van der Waals surface area contributed by atoms with Crippen LogP contribution in [0.15, 0.2) is 66.7 Å². The van der Waals surface area contributed by atoms with Crippen LogP contribution in [0.25, 0.3) is 32.4 Å². The maximum absolute atomic E-state index is 10.8. The van der Waals surface area contributed by atoms with Gasteiger partial charge in [-0.2, -0.15) is 0 Å². The van der Waals surface area contributed by atoms with Crippen molar-refractivity contribution in [3.63, 3.8) is 0 Å². The van der Waals surface area contributed by atoms with Crippen LogP contribution in [0.5, 0.6) is 0 Å². The number of nitro groups is 1. The second-order valence-corrected chi connectivity index (χ2v) is 6.98. The first-order valence-corrected chi connectivity index (χ1v) is 8.90. The molecule has 0 saturated heterocycles. The van der Waals surface area contributed by atoms with Crippen molar-refractivity contribution in [2.45, 2.75) is 6.92 Å². The molecule has 0 aliphatic heterocycles. The van der Waals surface area contributed by atoms with Gasteiger partial charge in [-0.1, -0.05) is 30.3 Å². The molecule has 26 heavy (non-hydrogen) atoms. The molecule has 0 aliphatic rings. The van der Waals surface area contributed by atoms with Crippen molar-refractivity contribution in [3.05, 3.63) is 82.5 Å². The molecule has 128 valence electrons. The lowest BCUT2D eigenvalue weighted by molar-refractivity contribution is -0.384. The van der Waals surface area contributed by atoms with Gasteiger partial charge in [0.25, 0.3) is 5.69 Å². The van der Waals surface area contributed by atoms with Gasteiger partial charge in [-0.3, -0.25) is 10.1 Å². The molecule has 0 bridgehead atoms. The summed E-state index contributed by atoms with van der Waals surface area (Å²) in [7, 11) is 0. The second-order valence-electron chi connectivity index (χ2n) is 5.89. The Hall–Kier alpha value is -3.25. The molecule has 0 fully saturated rings. The number of non-ortho nitro benzene ring substituents is 1. The number of imidazole rings is 1. The molecular weight excluding hydrogens is 346 g/mol. The number of nitro benzene ring substituents is 1. The van der Waals surface area contributed by atoms with Crippen molar-refractivity contribution in [1.82, 2.24) is 9.97 Å². The highest BCUT2D eigenvalue weighted by Gasteiger charge is 2.13. The molecule has 4 rings (SSSR count). The average Bonchev–Trinajstić information content (AvgIpc) is 3.29. The van der Waals surface area contributed by atoms with Crippen molar-refractivity contribution in [1.29, 1.82) is 0 Å². The van der Waals surface area contributed by atoms with E-state index in [0.29, 0.717) is 0 Å². The van der Waals surface area contributed by atoms with Gasteiger partial charge in [-0.05, 0) is 36.8 Å². The summed E-state index contributed by atoms with van der Waals surface area (Å²) in [6.07, 6.45) is 0. The van der Waals surface area contributed by atoms with E-state index in [9.17, 15) is 10.1 Å². The zero-order chi connectivity index (χ0) is 18.1. The minimum atomic E-state index is -0.389. The Morgan fingerprint density at radius 2 is 1.62 bits per heavy atom. The zero-order valence-electron chi connectivity index (χ0n) is 14.0. The van der Waals surface area contributed by atoms with Gasteiger partial charge in [0.2, 0.25) is 0 Å². The highest BCUT2D eigenvalue weighted by Crippen LogP contribution is 2.35. The molecule has 2 heterocycles. The first-order valence-electron chi connectivity index (χ1n) is 8.09. The van der Waals surface area contributed by atoms with E-state index in [0.717, 1.165) is 38.1 Å². The Labute approximate surface area is 154 Å². The SMILES string of the molecule is Cc1[nH]c(-c2ccc(-c3ccc([N+](=O)[O-])cc3)s2)nc1-c1ccccc1. The molecular formula is C20H15N3O2S. The van der Waals surface area contributed by atoms with Crippen LogP contribution in [0.4, 0.5) is 5.69 Å². The molecule has 0 amide bonds. The third-order valence-corrected chi connectivity index (χ3v) is 5.28. The van der Waals surface area contributed by atoms with Crippen LogP contribution in [-0.4, -0.2) is 14.9 Å². The summed E-state index contributed by atoms with van der Waals surface area (Å²) < 4.78 is 0. The predicted octanol–water partition coefficient (Wildman–Crippen LogP) is 5.69. The van der Waals surface area contributed by atoms with Gasteiger partial charge in [0.05, 0.1) is 15.5 Å². The maximum Gasteiger partial charge on any atom is 0.269 e. The molecule has 4 aromatic rings. The Kier molecular flexibility index (Phi) is 4.10. The van der Waals surface area contributed by atoms with Crippen molar-refractivity contribution in [2.75, 3.05) is 0 Å². The van der Waals surface area contributed by atoms with E-state index in [4.69, 9.17) is 4.98 Å². The molecule has 0 aliphatic carbocycles. The average molecular weight is 361 g/mol. The summed E-state index contributed by atoms with van der Waals surface area (Å²) in [4.78, 5) is 20.6. The van der Waals surface area contributed by atoms with Crippen molar-refractivity contribution >= 4 is 17.0 Å². The monoisotopic (exact) mass is 361 g/mol. The fourth-order valence-electron chi connectivity index (χ4n) is 2.82. The van der Waals surface area contributed by atoms with Gasteiger partial charge in [-0.25, -0.2) is 4.98 Å². The highest BCUT2D eigenvalue weighted by molar-refractivity contribution is 7.18. The van der Waals surface area contributed by atoms with Crippen LogP contribution in [-0.2, 0) is 0 Å². The molecule has 5 nitrogen and oxygen atoms in total. The minimum absolute atomic E-state index is 0.0969. The molecule has 2 aromatic carbocycles. The molecule has 6 heteroatoms. The number of benzene rings is 2. The van der Waals surface area contributed by atoms with Crippen molar-refractivity contribution in [3.8, 4) is 32.4 Å². The first-order chi connectivity index (χ1) is 12.6. The number of thiophene rings is 1. The van der Waals surface area contributed by atoms with Gasteiger partial charge in [0.1, 0.15) is 5.82 Å². The molecule has 1 N–H and O–H groups in total. The van der Waals surface area contributed by atoms with E-state index in [1.165, 1.54) is 12.1 Å². The van der Waals surface area contributed by atoms with Crippen molar-refractivity contribution in [2.24, 2.45) is 0 Å². The van der Waals surface area contributed by atoms with E-state index in [-0.39, 0.29) is 10.6 Å². The fraction of sp³-hybridized carbons (Fsp3) is 0.0500. The van der Waals surface area contributed by atoms with Gasteiger partial charge in [0.15, 0.2) is 0 Å². The van der Waals surface area contributed by atoms with Gasteiger partial charge >= 0.3 is 0 Å². The smallest absolute Gasteiger partial charge is 0.269 e. The van der Waals surface area contributed by atoms with E-state index in [2.05, 4.69) is 4.98 Å². The highest BCUT2D eigenvalue weighted by atomic mass is 32.1. The van der Waals surface area contributed by atoms with Gasteiger partial charge < -0.3 is 4.98 Å². The number of aromatic amines is 1. The molecule has 0 unspecified atom stereocenters. The second kappa shape index (κ2) is 6.57. The molecule has 0 radical (unpaired) electrons. The molecule has 2 aromatic heterocycles. The number of aryl methyl sites for hydroxylation is 1. The third kappa shape index (κ3) is 3.02. The molecule has 0 saturated carbocycles. The van der Waals surface area contributed by atoms with E-state index in [1.807, 2.05) is 49.4 Å². The Balaban J connectivity index is 1.65. The standard InChI is InChI=1S/C20H15N3O2S/c1-13-19(15-5-3-2-4-6-15)22-20(21-13)18-12-11-17(26-18)14-7-9-16(10-8-14)23(24)25/h2-12H,1H3,(H,21,22). The van der Waals surface area contributed by atoms with Gasteiger partial charge in [0, 0.05) is 28.3 Å². The van der Waals surface area contributed by atoms with E-state index >= 15 is 0 Å². The van der Waals surface area contributed by atoms with E-state index < -0.39 is 0 Å². The Bertz CT molecular complexity index is 1070. The fourth-order valence-corrected chi connectivity index (χ4v) is 3.78. The van der Waals surface area contributed by atoms with Crippen LogP contribution in [0, 0.1) is 17.0 Å². The number of nitrogens with zero attached hydrogens (tertiary/aromatic N) is 2. The summed E-state index contributed by atoms with van der Waals surface area (Å²) in [5.41, 5.74) is 4.11. The van der Waals surface area contributed by atoms with Crippen LogP contribution < -0.4 is 0 Å². The summed E-state index contributed by atoms with van der Waals surface area (Å²) >= 11 is 1.61. The number of nitrogens with one attached hydrogen (secondary N) is 1. The minimum Gasteiger partial charge on any atom is -0.341 e.